The lowest BCUT2D eigenvalue weighted by atomic mass is 10.1. The standard InChI is InChI=1S/C17H22N6O2S/c1-3-22(4-2)16(25)12-6-5-7-13(10-12)18-15(24)11-26-17-19-20-21-23(17)14-8-9-14/h5-7,10,14H,3-4,8-9,11H2,1-2H3,(H,18,24). The van der Waals surface area contributed by atoms with E-state index in [1.807, 2.05) is 13.8 Å². The summed E-state index contributed by atoms with van der Waals surface area (Å²) in [5.41, 5.74) is 1.17. The second-order valence-electron chi connectivity index (χ2n) is 6.03. The number of anilines is 1. The highest BCUT2D eigenvalue weighted by Gasteiger charge is 2.28. The second kappa shape index (κ2) is 8.31. The lowest BCUT2D eigenvalue weighted by Crippen LogP contribution is -2.30. The molecule has 1 saturated carbocycles. The van der Waals surface area contributed by atoms with Gasteiger partial charge in [0.25, 0.3) is 5.91 Å². The van der Waals surface area contributed by atoms with E-state index in [4.69, 9.17) is 0 Å². The average molecular weight is 374 g/mol. The first kappa shape index (κ1) is 18.4. The first-order valence-corrected chi connectivity index (χ1v) is 9.70. The molecule has 8 nitrogen and oxygen atoms in total. The number of tetrazole rings is 1. The van der Waals surface area contributed by atoms with Gasteiger partial charge in [-0.1, -0.05) is 17.8 Å². The van der Waals surface area contributed by atoms with Crippen LogP contribution < -0.4 is 5.32 Å². The number of aromatic nitrogens is 4. The van der Waals surface area contributed by atoms with Crippen molar-refractivity contribution in [2.45, 2.75) is 37.9 Å². The molecule has 1 aromatic carbocycles. The molecule has 138 valence electrons. The van der Waals surface area contributed by atoms with E-state index in [2.05, 4.69) is 20.8 Å². The molecule has 0 radical (unpaired) electrons. The van der Waals surface area contributed by atoms with Crippen molar-refractivity contribution in [2.75, 3.05) is 24.2 Å². The normalized spacial score (nSPS) is 13.5. The van der Waals surface area contributed by atoms with Gasteiger partial charge in [-0.25, -0.2) is 4.68 Å². The molecular formula is C17H22N6O2S. The van der Waals surface area contributed by atoms with Gasteiger partial charge in [-0.05, 0) is 55.3 Å². The smallest absolute Gasteiger partial charge is 0.253 e. The summed E-state index contributed by atoms with van der Waals surface area (Å²) < 4.78 is 1.78. The lowest BCUT2D eigenvalue weighted by molar-refractivity contribution is -0.113. The number of hydrogen-bond donors (Lipinski definition) is 1. The first-order valence-electron chi connectivity index (χ1n) is 8.72. The number of thioether (sulfide) groups is 1. The lowest BCUT2D eigenvalue weighted by Gasteiger charge is -2.19. The van der Waals surface area contributed by atoms with Crippen LogP contribution in [0.1, 0.15) is 43.1 Å². The van der Waals surface area contributed by atoms with Crippen LogP contribution in [0.15, 0.2) is 29.4 Å². The van der Waals surface area contributed by atoms with Crippen LogP contribution >= 0.6 is 11.8 Å². The van der Waals surface area contributed by atoms with Gasteiger partial charge in [0.15, 0.2) is 0 Å². The zero-order valence-electron chi connectivity index (χ0n) is 14.9. The first-order chi connectivity index (χ1) is 12.6. The Bertz CT molecular complexity index is 785. The Labute approximate surface area is 156 Å². The van der Waals surface area contributed by atoms with Gasteiger partial charge in [0.1, 0.15) is 0 Å². The number of rotatable bonds is 8. The number of benzene rings is 1. The van der Waals surface area contributed by atoms with Crippen LogP contribution in [0.3, 0.4) is 0 Å². The van der Waals surface area contributed by atoms with Crippen molar-refractivity contribution in [3.8, 4) is 0 Å². The van der Waals surface area contributed by atoms with Crippen LogP contribution in [0.2, 0.25) is 0 Å². The summed E-state index contributed by atoms with van der Waals surface area (Å²) in [4.78, 5) is 26.4. The minimum Gasteiger partial charge on any atom is -0.339 e. The van der Waals surface area contributed by atoms with Crippen molar-refractivity contribution in [1.29, 1.82) is 0 Å². The highest BCUT2D eigenvalue weighted by molar-refractivity contribution is 7.99. The van der Waals surface area contributed by atoms with Gasteiger partial charge in [-0.15, -0.1) is 5.10 Å². The summed E-state index contributed by atoms with van der Waals surface area (Å²) in [5.74, 6) is 0.0123. The van der Waals surface area contributed by atoms with E-state index in [1.54, 1.807) is 33.8 Å². The van der Waals surface area contributed by atoms with Crippen LogP contribution in [0.25, 0.3) is 0 Å². The molecule has 0 unspecified atom stereocenters. The molecule has 1 heterocycles. The van der Waals surface area contributed by atoms with Gasteiger partial charge in [-0.3, -0.25) is 9.59 Å². The molecule has 0 atom stereocenters. The molecule has 1 aromatic heterocycles. The third-order valence-corrected chi connectivity index (χ3v) is 5.07. The predicted octanol–water partition coefficient (Wildman–Crippen LogP) is 2.22. The summed E-state index contributed by atoms with van der Waals surface area (Å²) >= 11 is 1.31. The van der Waals surface area contributed by atoms with Crippen LogP contribution in [-0.4, -0.2) is 55.8 Å². The van der Waals surface area contributed by atoms with Gasteiger partial charge in [0.2, 0.25) is 11.1 Å². The largest absolute Gasteiger partial charge is 0.339 e. The van der Waals surface area contributed by atoms with Crippen molar-refractivity contribution < 1.29 is 9.59 Å². The second-order valence-corrected chi connectivity index (χ2v) is 6.97. The molecular weight excluding hydrogens is 352 g/mol. The van der Waals surface area contributed by atoms with E-state index in [9.17, 15) is 9.59 Å². The van der Waals surface area contributed by atoms with Crippen LogP contribution in [0.4, 0.5) is 5.69 Å². The number of amides is 2. The van der Waals surface area contributed by atoms with Crippen LogP contribution in [-0.2, 0) is 4.79 Å². The van der Waals surface area contributed by atoms with E-state index >= 15 is 0 Å². The number of carbonyl (C=O) groups excluding carboxylic acids is 2. The van der Waals surface area contributed by atoms with Gasteiger partial charge in [0, 0.05) is 24.3 Å². The number of nitrogens with one attached hydrogen (secondary N) is 1. The van der Waals surface area contributed by atoms with Crippen molar-refractivity contribution in [2.24, 2.45) is 0 Å². The summed E-state index contributed by atoms with van der Waals surface area (Å²) in [7, 11) is 0. The van der Waals surface area contributed by atoms with E-state index in [1.165, 1.54) is 11.8 Å². The molecule has 26 heavy (non-hydrogen) atoms. The Balaban J connectivity index is 1.58. The molecule has 2 aromatic rings. The zero-order chi connectivity index (χ0) is 18.5. The maximum absolute atomic E-state index is 12.4. The van der Waals surface area contributed by atoms with Crippen molar-refractivity contribution in [3.63, 3.8) is 0 Å². The SMILES string of the molecule is CCN(CC)C(=O)c1cccc(NC(=O)CSc2nnnn2C2CC2)c1. The molecule has 1 aliphatic carbocycles. The molecule has 1 N–H and O–H groups in total. The number of nitrogens with zero attached hydrogens (tertiary/aromatic N) is 5. The average Bonchev–Trinajstić information content (AvgIpc) is 3.39. The Morgan fingerprint density at radius 1 is 1.31 bits per heavy atom. The molecule has 0 aliphatic heterocycles. The monoisotopic (exact) mass is 374 g/mol. The van der Waals surface area contributed by atoms with E-state index in [-0.39, 0.29) is 17.6 Å². The summed E-state index contributed by atoms with van der Waals surface area (Å²) in [6.07, 6.45) is 2.16. The Morgan fingerprint density at radius 3 is 2.77 bits per heavy atom. The topological polar surface area (TPSA) is 93.0 Å². The third-order valence-electron chi connectivity index (χ3n) is 4.13. The fourth-order valence-corrected chi connectivity index (χ4v) is 3.32. The molecule has 3 rings (SSSR count). The quantitative estimate of drug-likeness (QED) is 0.712. The molecule has 1 fully saturated rings. The predicted molar refractivity (Wildman–Crippen MR) is 99.1 cm³/mol. The minimum absolute atomic E-state index is 0.0379. The molecule has 0 spiro atoms. The number of carbonyl (C=O) groups is 2. The van der Waals surface area contributed by atoms with Gasteiger partial charge in [0.05, 0.1) is 11.8 Å². The van der Waals surface area contributed by atoms with Crippen molar-refractivity contribution in [1.82, 2.24) is 25.1 Å². The van der Waals surface area contributed by atoms with Gasteiger partial charge < -0.3 is 10.2 Å². The summed E-state index contributed by atoms with van der Waals surface area (Å²) in [5, 5.41) is 15.1. The molecule has 2 amide bonds. The number of hydrogen-bond acceptors (Lipinski definition) is 6. The molecule has 9 heteroatoms. The zero-order valence-corrected chi connectivity index (χ0v) is 15.7. The van der Waals surface area contributed by atoms with Gasteiger partial charge >= 0.3 is 0 Å². The Morgan fingerprint density at radius 2 is 2.08 bits per heavy atom. The molecule has 0 saturated heterocycles. The van der Waals surface area contributed by atoms with Crippen LogP contribution in [0.5, 0.6) is 0 Å². The highest BCUT2D eigenvalue weighted by atomic mass is 32.2. The van der Waals surface area contributed by atoms with Crippen LogP contribution in [0, 0.1) is 0 Å². The minimum atomic E-state index is -0.159. The third kappa shape index (κ3) is 4.40. The molecule has 1 aliphatic rings. The maximum atomic E-state index is 12.4. The van der Waals surface area contributed by atoms with E-state index in [0.29, 0.717) is 35.5 Å². The van der Waals surface area contributed by atoms with E-state index < -0.39 is 0 Å². The summed E-state index contributed by atoms with van der Waals surface area (Å²) in [6.45, 7) is 5.19. The highest BCUT2D eigenvalue weighted by Crippen LogP contribution is 2.36. The van der Waals surface area contributed by atoms with Crippen molar-refractivity contribution in [3.05, 3.63) is 29.8 Å². The fourth-order valence-electron chi connectivity index (χ4n) is 2.58. The maximum Gasteiger partial charge on any atom is 0.253 e. The Kier molecular flexibility index (Phi) is 5.87. The fraction of sp³-hybridized carbons (Fsp3) is 0.471. The molecule has 0 bridgehead atoms. The van der Waals surface area contributed by atoms with Crippen molar-refractivity contribution >= 4 is 29.3 Å². The summed E-state index contributed by atoms with van der Waals surface area (Å²) in [6, 6.07) is 7.38. The van der Waals surface area contributed by atoms with E-state index in [0.717, 1.165) is 12.8 Å². The Hall–Kier alpha value is -2.42. The van der Waals surface area contributed by atoms with Gasteiger partial charge in [-0.2, -0.15) is 0 Å².